The number of hydrogen-bond donors (Lipinski definition) is 2. The Bertz CT molecular complexity index is 1150. The van der Waals surface area contributed by atoms with Crippen molar-refractivity contribution >= 4 is 40.3 Å². The molecule has 1 aliphatic rings. The van der Waals surface area contributed by atoms with Crippen LogP contribution in [0.1, 0.15) is 18.9 Å². The topological polar surface area (TPSA) is 107 Å². The highest BCUT2D eigenvalue weighted by atomic mass is 35.5. The molecule has 3 heterocycles. The van der Waals surface area contributed by atoms with Crippen LogP contribution in [0.25, 0.3) is 22.7 Å². The summed E-state index contributed by atoms with van der Waals surface area (Å²) in [5, 5.41) is 3.83. The average Bonchev–Trinajstić information content (AvgIpc) is 3.42. The van der Waals surface area contributed by atoms with Crippen LogP contribution < -0.4 is 11.1 Å². The highest BCUT2D eigenvalue weighted by molar-refractivity contribution is 6.30. The monoisotopic (exact) mass is 378 g/mol. The minimum absolute atomic E-state index is 0.219. The number of fused-ring (bicyclic) bond motifs is 1. The smallest absolute Gasteiger partial charge is 0.229 e. The third kappa shape index (κ3) is 3.04. The van der Waals surface area contributed by atoms with E-state index in [9.17, 15) is 0 Å². The second kappa shape index (κ2) is 6.17. The zero-order valence-corrected chi connectivity index (χ0v) is 14.9. The SMILES string of the molecule is Nc1nccc(-c2nc3cnc(Nc4cccc(Cl)c4)nc3n2C2CC2)n1. The van der Waals surface area contributed by atoms with Gasteiger partial charge in [-0.25, -0.2) is 19.9 Å². The van der Waals surface area contributed by atoms with Gasteiger partial charge in [-0.1, -0.05) is 17.7 Å². The van der Waals surface area contributed by atoms with Crippen LogP contribution in [-0.4, -0.2) is 29.5 Å². The minimum atomic E-state index is 0.219. The Hall–Kier alpha value is -3.26. The van der Waals surface area contributed by atoms with Crippen LogP contribution >= 0.6 is 11.6 Å². The molecule has 1 saturated carbocycles. The lowest BCUT2D eigenvalue weighted by Crippen LogP contribution is -2.03. The van der Waals surface area contributed by atoms with E-state index < -0.39 is 0 Å². The van der Waals surface area contributed by atoms with Crippen LogP contribution in [0.4, 0.5) is 17.6 Å². The lowest BCUT2D eigenvalue weighted by atomic mass is 10.3. The second-order valence-corrected chi connectivity index (χ2v) is 6.81. The van der Waals surface area contributed by atoms with Crippen molar-refractivity contribution < 1.29 is 0 Å². The molecule has 3 N–H and O–H groups in total. The van der Waals surface area contributed by atoms with Gasteiger partial charge in [-0.3, -0.25) is 0 Å². The summed E-state index contributed by atoms with van der Waals surface area (Å²) in [6, 6.07) is 9.58. The van der Waals surface area contributed by atoms with Crippen LogP contribution in [0.5, 0.6) is 0 Å². The lowest BCUT2D eigenvalue weighted by Gasteiger charge is -2.08. The van der Waals surface area contributed by atoms with Crippen molar-refractivity contribution in [2.45, 2.75) is 18.9 Å². The van der Waals surface area contributed by atoms with Gasteiger partial charge in [-0.05, 0) is 37.1 Å². The third-order valence-corrected chi connectivity index (χ3v) is 4.56. The largest absolute Gasteiger partial charge is 0.368 e. The number of rotatable bonds is 4. The molecule has 134 valence electrons. The molecule has 0 aliphatic heterocycles. The van der Waals surface area contributed by atoms with E-state index in [2.05, 4.69) is 24.8 Å². The molecule has 27 heavy (non-hydrogen) atoms. The zero-order chi connectivity index (χ0) is 18.4. The van der Waals surface area contributed by atoms with Crippen molar-refractivity contribution in [3.05, 3.63) is 47.7 Å². The number of benzene rings is 1. The Labute approximate surface area is 159 Å². The standard InChI is InChI=1S/C18H15ClN8/c19-10-2-1-3-11(8-10)23-18-22-9-14-16(26-18)27(12-4-5-12)15(24-14)13-6-7-21-17(20)25-13/h1-3,6-9,12H,4-5H2,(H2,20,21,25)(H,22,23,26). The molecule has 4 aromatic rings. The molecule has 8 nitrogen and oxygen atoms in total. The number of hydrogen-bond acceptors (Lipinski definition) is 7. The molecule has 5 rings (SSSR count). The van der Waals surface area contributed by atoms with Crippen LogP contribution in [0.2, 0.25) is 5.02 Å². The molecule has 1 aromatic carbocycles. The van der Waals surface area contributed by atoms with Crippen molar-refractivity contribution in [1.29, 1.82) is 0 Å². The molecule has 0 unspecified atom stereocenters. The Morgan fingerprint density at radius 2 is 2.00 bits per heavy atom. The molecule has 1 aliphatic carbocycles. The van der Waals surface area contributed by atoms with Crippen LogP contribution in [-0.2, 0) is 0 Å². The quantitative estimate of drug-likeness (QED) is 0.558. The first-order chi connectivity index (χ1) is 13.2. The number of nitrogens with one attached hydrogen (secondary N) is 1. The number of imidazole rings is 1. The first-order valence-corrected chi connectivity index (χ1v) is 8.91. The van der Waals surface area contributed by atoms with E-state index >= 15 is 0 Å². The molecule has 0 radical (unpaired) electrons. The fourth-order valence-electron chi connectivity index (χ4n) is 3.00. The summed E-state index contributed by atoms with van der Waals surface area (Å²) in [6.45, 7) is 0. The fourth-order valence-corrected chi connectivity index (χ4v) is 3.19. The van der Waals surface area contributed by atoms with Crippen molar-refractivity contribution in [2.24, 2.45) is 0 Å². The number of halogens is 1. The van der Waals surface area contributed by atoms with E-state index in [0.717, 1.165) is 30.0 Å². The molecule has 9 heteroatoms. The minimum Gasteiger partial charge on any atom is -0.368 e. The summed E-state index contributed by atoms with van der Waals surface area (Å²) in [5.41, 5.74) is 8.73. The summed E-state index contributed by atoms with van der Waals surface area (Å²) >= 11 is 6.05. The third-order valence-electron chi connectivity index (χ3n) is 4.33. The summed E-state index contributed by atoms with van der Waals surface area (Å²) in [6.07, 6.45) is 5.51. The van der Waals surface area contributed by atoms with Gasteiger partial charge >= 0.3 is 0 Å². The number of nitrogens with zero attached hydrogens (tertiary/aromatic N) is 6. The maximum Gasteiger partial charge on any atom is 0.229 e. The van der Waals surface area contributed by atoms with Crippen molar-refractivity contribution in [3.63, 3.8) is 0 Å². The van der Waals surface area contributed by atoms with Gasteiger partial charge < -0.3 is 15.6 Å². The van der Waals surface area contributed by atoms with E-state index in [0.29, 0.717) is 28.2 Å². The van der Waals surface area contributed by atoms with Crippen molar-refractivity contribution in [1.82, 2.24) is 29.5 Å². The van der Waals surface area contributed by atoms with Crippen molar-refractivity contribution in [2.75, 3.05) is 11.1 Å². The molecular formula is C18H15ClN8. The zero-order valence-electron chi connectivity index (χ0n) is 14.2. The Kier molecular flexibility index (Phi) is 3.64. The normalized spacial score (nSPS) is 13.8. The van der Waals surface area contributed by atoms with E-state index in [-0.39, 0.29) is 5.95 Å². The maximum atomic E-state index is 6.05. The molecular weight excluding hydrogens is 364 g/mol. The fraction of sp³-hybridized carbons (Fsp3) is 0.167. The van der Waals surface area contributed by atoms with Crippen LogP contribution in [0.3, 0.4) is 0 Å². The van der Waals surface area contributed by atoms with E-state index in [1.807, 2.05) is 24.3 Å². The number of nitrogens with two attached hydrogens (primary N) is 1. The molecule has 0 bridgehead atoms. The second-order valence-electron chi connectivity index (χ2n) is 6.37. The van der Waals surface area contributed by atoms with Gasteiger partial charge in [0.25, 0.3) is 0 Å². The van der Waals surface area contributed by atoms with Gasteiger partial charge in [-0.15, -0.1) is 0 Å². The van der Waals surface area contributed by atoms with E-state index in [1.54, 1.807) is 18.5 Å². The first-order valence-electron chi connectivity index (χ1n) is 8.54. The predicted molar refractivity (Wildman–Crippen MR) is 104 cm³/mol. The molecule has 0 amide bonds. The highest BCUT2D eigenvalue weighted by Crippen LogP contribution is 2.40. The molecule has 1 fully saturated rings. The number of aromatic nitrogens is 6. The molecule has 3 aromatic heterocycles. The maximum absolute atomic E-state index is 6.05. The summed E-state index contributed by atoms with van der Waals surface area (Å²) in [4.78, 5) is 22.0. The predicted octanol–water partition coefficient (Wildman–Crippen LogP) is 3.60. The Balaban J connectivity index is 1.61. The molecule has 0 spiro atoms. The average molecular weight is 379 g/mol. The van der Waals surface area contributed by atoms with Gasteiger partial charge in [0.05, 0.1) is 6.20 Å². The number of nitrogen functional groups attached to an aromatic ring is 1. The van der Waals surface area contributed by atoms with Gasteiger partial charge in [0, 0.05) is 22.9 Å². The van der Waals surface area contributed by atoms with E-state index in [1.165, 1.54) is 0 Å². The number of anilines is 3. The lowest BCUT2D eigenvalue weighted by molar-refractivity contribution is 0.763. The Morgan fingerprint density at radius 1 is 1.11 bits per heavy atom. The summed E-state index contributed by atoms with van der Waals surface area (Å²) in [7, 11) is 0. The summed E-state index contributed by atoms with van der Waals surface area (Å²) in [5.74, 6) is 1.44. The van der Waals surface area contributed by atoms with Gasteiger partial charge in [0.1, 0.15) is 11.2 Å². The van der Waals surface area contributed by atoms with Gasteiger partial charge in [0.2, 0.25) is 11.9 Å². The molecule has 0 atom stereocenters. The van der Waals surface area contributed by atoms with Gasteiger partial charge in [-0.2, -0.15) is 4.98 Å². The Morgan fingerprint density at radius 3 is 2.78 bits per heavy atom. The van der Waals surface area contributed by atoms with E-state index in [4.69, 9.17) is 27.3 Å². The summed E-state index contributed by atoms with van der Waals surface area (Å²) < 4.78 is 2.11. The van der Waals surface area contributed by atoms with Crippen molar-refractivity contribution in [3.8, 4) is 11.5 Å². The molecule has 0 saturated heterocycles. The first kappa shape index (κ1) is 16.0. The van der Waals surface area contributed by atoms with Crippen LogP contribution in [0.15, 0.2) is 42.7 Å². The van der Waals surface area contributed by atoms with Gasteiger partial charge in [0.15, 0.2) is 11.5 Å². The highest BCUT2D eigenvalue weighted by Gasteiger charge is 2.30. The van der Waals surface area contributed by atoms with Crippen LogP contribution in [0, 0.1) is 0 Å².